The zero-order chi connectivity index (χ0) is 27.3. The Bertz CT molecular complexity index is 878. The molecule has 4 amide bonds. The maximum atomic E-state index is 13.0. The molecule has 0 spiro atoms. The zero-order valence-corrected chi connectivity index (χ0v) is 20.1. The number of imidazole rings is 1. The van der Waals surface area contributed by atoms with Crippen LogP contribution in [0.5, 0.6) is 0 Å². The Labute approximate surface area is 207 Å². The Morgan fingerprint density at radius 3 is 2.17 bits per heavy atom. The van der Waals surface area contributed by atoms with Crippen molar-refractivity contribution in [1.82, 2.24) is 25.9 Å². The second-order valence-corrected chi connectivity index (χ2v) is 8.36. The van der Waals surface area contributed by atoms with Gasteiger partial charge in [-0.1, -0.05) is 0 Å². The van der Waals surface area contributed by atoms with Crippen LogP contribution in [0, 0.1) is 0 Å². The highest BCUT2D eigenvalue weighted by atomic mass is 16.4. The Morgan fingerprint density at radius 1 is 1.03 bits per heavy atom. The fraction of sp³-hybridized carbons (Fsp3) is 0.619. The molecule has 0 fully saturated rings. The molecule has 12 N–H and O–H groups in total. The molecule has 15 nitrogen and oxygen atoms in total. The average Bonchev–Trinajstić information content (AvgIpc) is 3.31. The highest BCUT2D eigenvalue weighted by molar-refractivity contribution is 5.94. The van der Waals surface area contributed by atoms with Crippen molar-refractivity contribution in [3.63, 3.8) is 0 Å². The minimum absolute atomic E-state index is 0.107. The first-order valence-electron chi connectivity index (χ1n) is 11.5. The number of nitrogens with one attached hydrogen (secondary N) is 4. The van der Waals surface area contributed by atoms with E-state index in [2.05, 4.69) is 25.9 Å². The van der Waals surface area contributed by atoms with Crippen LogP contribution >= 0.6 is 0 Å². The summed E-state index contributed by atoms with van der Waals surface area (Å²) in [5.74, 6) is -4.48. The number of nitrogens with zero attached hydrogens (tertiary/aromatic N) is 1. The minimum atomic E-state index is -1.60. The van der Waals surface area contributed by atoms with Gasteiger partial charge in [0.2, 0.25) is 23.6 Å². The Morgan fingerprint density at radius 2 is 1.64 bits per heavy atom. The Kier molecular flexibility index (Phi) is 13.1. The van der Waals surface area contributed by atoms with Crippen molar-refractivity contribution in [1.29, 1.82) is 0 Å². The monoisotopic (exact) mass is 512 g/mol. The van der Waals surface area contributed by atoms with Crippen molar-refractivity contribution in [3.8, 4) is 0 Å². The molecule has 0 saturated carbocycles. The standard InChI is InChI=1S/C21H36N8O7/c1-11(30)17(21(35)36)29-20(34)14(4-2-3-7-22)28-19(33)15(5-6-16(24)31)27-18(32)13(23)8-12-9-25-10-26-12/h9-11,13-15,17,30H,2-8,22-23H2,1H3,(H2,24,31)(H,25,26)(H,27,32)(H,28,33)(H,29,34)(H,35,36). The molecule has 1 aromatic heterocycles. The van der Waals surface area contributed by atoms with Crippen molar-refractivity contribution in [2.24, 2.45) is 17.2 Å². The van der Waals surface area contributed by atoms with Crippen molar-refractivity contribution in [2.75, 3.05) is 6.54 Å². The minimum Gasteiger partial charge on any atom is -0.480 e. The second-order valence-electron chi connectivity index (χ2n) is 8.36. The number of carbonyl (C=O) groups excluding carboxylic acids is 4. The molecule has 5 atom stereocenters. The van der Waals surface area contributed by atoms with E-state index in [4.69, 9.17) is 17.2 Å². The van der Waals surface area contributed by atoms with E-state index in [1.807, 2.05) is 0 Å². The van der Waals surface area contributed by atoms with Crippen molar-refractivity contribution < 1.29 is 34.2 Å². The molecule has 202 valence electrons. The molecule has 36 heavy (non-hydrogen) atoms. The van der Waals surface area contributed by atoms with Gasteiger partial charge in [0, 0.05) is 24.7 Å². The number of aliphatic hydroxyl groups is 1. The largest absolute Gasteiger partial charge is 0.480 e. The van der Waals surface area contributed by atoms with E-state index in [-0.39, 0.29) is 25.7 Å². The second kappa shape index (κ2) is 15.4. The quantitative estimate of drug-likeness (QED) is 0.0933. The molecule has 0 radical (unpaired) electrons. The number of carboxylic acid groups (broad SMARTS) is 1. The Hall–Kier alpha value is -3.56. The predicted octanol–water partition coefficient (Wildman–Crippen LogP) is -3.41. The van der Waals surface area contributed by atoms with Crippen molar-refractivity contribution in [3.05, 3.63) is 18.2 Å². The number of hydrogen-bond donors (Lipinski definition) is 9. The van der Waals surface area contributed by atoms with E-state index >= 15 is 0 Å². The maximum absolute atomic E-state index is 13.0. The van der Waals surface area contributed by atoms with Crippen LogP contribution in [0.3, 0.4) is 0 Å². The number of aliphatic hydroxyl groups excluding tert-OH is 1. The van der Waals surface area contributed by atoms with E-state index in [1.54, 1.807) is 0 Å². The first-order chi connectivity index (χ1) is 17.0. The number of aromatic amines is 1. The number of aliphatic carboxylic acids is 1. The summed E-state index contributed by atoms with van der Waals surface area (Å²) in [6.45, 7) is 1.53. The van der Waals surface area contributed by atoms with Crippen LogP contribution < -0.4 is 33.2 Å². The van der Waals surface area contributed by atoms with Gasteiger partial charge in [0.25, 0.3) is 0 Å². The van der Waals surface area contributed by atoms with Gasteiger partial charge in [-0.05, 0) is 39.2 Å². The van der Waals surface area contributed by atoms with Gasteiger partial charge >= 0.3 is 5.97 Å². The summed E-state index contributed by atoms with van der Waals surface area (Å²) >= 11 is 0. The summed E-state index contributed by atoms with van der Waals surface area (Å²) in [6.07, 6.45) is 2.29. The fourth-order valence-electron chi connectivity index (χ4n) is 3.24. The van der Waals surface area contributed by atoms with Gasteiger partial charge in [-0.3, -0.25) is 19.2 Å². The number of amides is 4. The van der Waals surface area contributed by atoms with E-state index in [1.165, 1.54) is 19.4 Å². The van der Waals surface area contributed by atoms with Crippen LogP contribution in [-0.2, 0) is 30.4 Å². The lowest BCUT2D eigenvalue weighted by molar-refractivity contribution is -0.145. The molecular weight excluding hydrogens is 476 g/mol. The van der Waals surface area contributed by atoms with Gasteiger partial charge in [0.1, 0.15) is 12.1 Å². The molecule has 0 aliphatic rings. The normalized spacial score (nSPS) is 15.1. The molecule has 0 aliphatic carbocycles. The zero-order valence-electron chi connectivity index (χ0n) is 20.1. The molecular formula is C21H36N8O7. The highest BCUT2D eigenvalue weighted by Crippen LogP contribution is 2.06. The number of primary amides is 1. The molecule has 0 bridgehead atoms. The molecule has 0 saturated heterocycles. The molecule has 5 unspecified atom stereocenters. The maximum Gasteiger partial charge on any atom is 0.328 e. The van der Waals surface area contributed by atoms with Crippen molar-refractivity contribution in [2.45, 2.75) is 75.7 Å². The molecule has 1 heterocycles. The van der Waals surface area contributed by atoms with E-state index in [0.717, 1.165) is 0 Å². The summed E-state index contributed by atoms with van der Waals surface area (Å²) < 4.78 is 0. The number of hydrogen-bond acceptors (Lipinski definition) is 9. The number of carboxylic acids is 1. The lowest BCUT2D eigenvalue weighted by Gasteiger charge is -2.25. The SMILES string of the molecule is CC(O)C(NC(=O)C(CCCCN)NC(=O)C(CCC(N)=O)NC(=O)C(N)Cc1cnc[nH]1)C(=O)O. The summed E-state index contributed by atoms with van der Waals surface area (Å²) in [6, 6.07) is -5.09. The van der Waals surface area contributed by atoms with E-state index in [9.17, 15) is 34.2 Å². The third-order valence-electron chi connectivity index (χ3n) is 5.27. The summed E-state index contributed by atoms with van der Waals surface area (Å²) in [5.41, 5.74) is 17.2. The van der Waals surface area contributed by atoms with Crippen LogP contribution in [0.1, 0.15) is 44.7 Å². The third kappa shape index (κ3) is 10.8. The van der Waals surface area contributed by atoms with Crippen LogP contribution in [0.25, 0.3) is 0 Å². The van der Waals surface area contributed by atoms with E-state index < -0.39 is 59.9 Å². The van der Waals surface area contributed by atoms with Gasteiger partial charge in [0.15, 0.2) is 6.04 Å². The number of carbonyl (C=O) groups is 5. The van der Waals surface area contributed by atoms with Crippen LogP contribution in [0.15, 0.2) is 12.5 Å². The fourth-order valence-corrected chi connectivity index (χ4v) is 3.24. The van der Waals surface area contributed by atoms with Crippen LogP contribution in [0.4, 0.5) is 0 Å². The molecule has 15 heteroatoms. The van der Waals surface area contributed by atoms with E-state index in [0.29, 0.717) is 25.1 Å². The Balaban J connectivity index is 2.98. The number of H-pyrrole nitrogens is 1. The summed E-state index contributed by atoms with van der Waals surface area (Å²) in [5, 5.41) is 26.0. The molecule has 0 aliphatic heterocycles. The van der Waals surface area contributed by atoms with Crippen LogP contribution in [-0.4, -0.2) is 86.6 Å². The highest BCUT2D eigenvalue weighted by Gasteiger charge is 2.31. The number of aromatic nitrogens is 2. The smallest absolute Gasteiger partial charge is 0.328 e. The van der Waals surface area contributed by atoms with Gasteiger partial charge in [-0.15, -0.1) is 0 Å². The lowest BCUT2D eigenvalue weighted by Crippen LogP contribution is -2.58. The van der Waals surface area contributed by atoms with Gasteiger partial charge in [-0.2, -0.15) is 0 Å². The molecule has 1 aromatic rings. The van der Waals surface area contributed by atoms with Crippen LogP contribution in [0.2, 0.25) is 0 Å². The molecule has 0 aromatic carbocycles. The van der Waals surface area contributed by atoms with Gasteiger partial charge < -0.3 is 48.3 Å². The topological polar surface area (TPSA) is 269 Å². The number of rotatable bonds is 17. The number of unbranched alkanes of at least 4 members (excludes halogenated alkanes) is 1. The van der Waals surface area contributed by atoms with Gasteiger partial charge in [0.05, 0.1) is 18.5 Å². The first-order valence-corrected chi connectivity index (χ1v) is 11.5. The summed E-state index contributed by atoms with van der Waals surface area (Å²) in [4.78, 5) is 67.7. The predicted molar refractivity (Wildman–Crippen MR) is 127 cm³/mol. The summed E-state index contributed by atoms with van der Waals surface area (Å²) in [7, 11) is 0. The third-order valence-corrected chi connectivity index (χ3v) is 5.27. The lowest BCUT2D eigenvalue weighted by atomic mass is 10.0. The van der Waals surface area contributed by atoms with Gasteiger partial charge in [-0.25, -0.2) is 9.78 Å². The average molecular weight is 513 g/mol. The number of nitrogens with two attached hydrogens (primary N) is 3. The first kappa shape index (κ1) is 30.5. The molecule has 1 rings (SSSR count). The van der Waals surface area contributed by atoms with Crippen molar-refractivity contribution >= 4 is 29.6 Å².